The van der Waals surface area contributed by atoms with E-state index in [1.54, 1.807) is 19.9 Å². The Balaban J connectivity index is 2.81. The molecule has 4 atom stereocenters. The number of allylic oxidation sites excluding steroid dienone is 1. The smallest absolute Gasteiger partial charge is 0.334 e. The maximum absolute atomic E-state index is 11.7. The zero-order chi connectivity index (χ0) is 16.0. The Morgan fingerprint density at radius 2 is 2.14 bits per heavy atom. The molecule has 0 saturated heterocycles. The summed E-state index contributed by atoms with van der Waals surface area (Å²) >= 11 is 0. The summed E-state index contributed by atoms with van der Waals surface area (Å²) in [4.78, 5) is 23.0. The van der Waals surface area contributed by atoms with Gasteiger partial charge in [-0.25, -0.2) is 9.59 Å². The van der Waals surface area contributed by atoms with Gasteiger partial charge in [-0.3, -0.25) is 0 Å². The molecule has 0 aromatic rings. The van der Waals surface area contributed by atoms with E-state index in [-0.39, 0.29) is 0 Å². The highest BCUT2D eigenvalue weighted by molar-refractivity contribution is 5.88. The Morgan fingerprint density at radius 1 is 1.48 bits per heavy atom. The van der Waals surface area contributed by atoms with Gasteiger partial charge >= 0.3 is 11.9 Å². The van der Waals surface area contributed by atoms with Crippen molar-refractivity contribution in [2.75, 3.05) is 0 Å². The minimum Gasteiger partial charge on any atom is -0.451 e. The fraction of sp³-hybridized carbons (Fsp3) is 0.467. The van der Waals surface area contributed by atoms with Gasteiger partial charge in [0.1, 0.15) is 0 Å². The second-order valence-electron chi connectivity index (χ2n) is 4.72. The van der Waals surface area contributed by atoms with Crippen molar-refractivity contribution < 1.29 is 29.3 Å². The topological polar surface area (TPSA) is 93.1 Å². The van der Waals surface area contributed by atoms with Crippen LogP contribution >= 0.6 is 0 Å². The van der Waals surface area contributed by atoms with Crippen LogP contribution in [-0.2, 0) is 19.1 Å². The summed E-state index contributed by atoms with van der Waals surface area (Å²) in [5, 5.41) is 18.7. The first-order chi connectivity index (χ1) is 9.85. The molecule has 0 amide bonds. The highest BCUT2D eigenvalue weighted by Gasteiger charge is 2.28. The fourth-order valence-electron chi connectivity index (χ4n) is 1.50. The van der Waals surface area contributed by atoms with Gasteiger partial charge in [-0.1, -0.05) is 12.2 Å². The quantitative estimate of drug-likeness (QED) is 0.439. The number of hydrogen-bond acceptors (Lipinski definition) is 6. The molecule has 0 spiro atoms. The van der Waals surface area contributed by atoms with Gasteiger partial charge in [-0.15, -0.1) is 0 Å². The molecule has 0 aromatic carbocycles. The summed E-state index contributed by atoms with van der Waals surface area (Å²) < 4.78 is 10.3. The molecule has 0 unspecified atom stereocenters. The third kappa shape index (κ3) is 5.17. The van der Waals surface area contributed by atoms with Gasteiger partial charge in [0, 0.05) is 11.6 Å². The second-order valence-corrected chi connectivity index (χ2v) is 4.72. The first kappa shape index (κ1) is 17.1. The highest BCUT2D eigenvalue weighted by Crippen LogP contribution is 2.16. The van der Waals surface area contributed by atoms with Crippen molar-refractivity contribution in [3.05, 3.63) is 36.0 Å². The van der Waals surface area contributed by atoms with E-state index in [0.717, 1.165) is 0 Å². The molecule has 6 nitrogen and oxygen atoms in total. The van der Waals surface area contributed by atoms with Crippen LogP contribution in [0.4, 0.5) is 0 Å². The van der Waals surface area contributed by atoms with Crippen molar-refractivity contribution >= 4 is 11.9 Å². The molecule has 1 rings (SSSR count). The molecule has 0 bridgehead atoms. The molecule has 0 aliphatic carbocycles. The van der Waals surface area contributed by atoms with Crippen LogP contribution in [0.2, 0.25) is 0 Å². The maximum Gasteiger partial charge on any atom is 0.334 e. The first-order valence-corrected chi connectivity index (χ1v) is 6.62. The summed E-state index contributed by atoms with van der Waals surface area (Å²) in [6.45, 7) is 4.75. The van der Waals surface area contributed by atoms with Gasteiger partial charge in [-0.2, -0.15) is 0 Å². The van der Waals surface area contributed by atoms with Crippen molar-refractivity contribution in [2.45, 2.75) is 45.2 Å². The third-order valence-electron chi connectivity index (χ3n) is 2.99. The van der Waals surface area contributed by atoms with E-state index in [0.29, 0.717) is 5.57 Å². The minimum absolute atomic E-state index is 0.437. The molecular formula is C15H20O6. The van der Waals surface area contributed by atoms with Crippen molar-refractivity contribution in [2.24, 2.45) is 0 Å². The molecule has 1 aliphatic heterocycles. The van der Waals surface area contributed by atoms with Crippen LogP contribution in [0.3, 0.4) is 0 Å². The number of aliphatic hydroxyl groups is 2. The fourth-order valence-corrected chi connectivity index (χ4v) is 1.50. The van der Waals surface area contributed by atoms with Crippen LogP contribution in [0.15, 0.2) is 36.0 Å². The Morgan fingerprint density at radius 3 is 2.71 bits per heavy atom. The summed E-state index contributed by atoms with van der Waals surface area (Å²) in [5.74, 6) is -1.08. The van der Waals surface area contributed by atoms with Crippen molar-refractivity contribution in [3.8, 4) is 0 Å². The van der Waals surface area contributed by atoms with Gasteiger partial charge in [0.05, 0.1) is 12.2 Å². The van der Waals surface area contributed by atoms with Crippen molar-refractivity contribution in [1.82, 2.24) is 0 Å². The maximum atomic E-state index is 11.7. The first-order valence-electron chi connectivity index (χ1n) is 6.62. The Hall–Kier alpha value is -1.92. The standard InChI is InChI=1S/C15H20O6/c1-4-9(2)15(19)21-13-7-8-14(18)20-12(13)6-5-11(17)10(3)16/h4-8,10-13,16-17H,1-3H3/b6-5+,9-4+/t10-,11+,12+,13+/m0/s1. The largest absolute Gasteiger partial charge is 0.451 e. The van der Waals surface area contributed by atoms with Gasteiger partial charge in [0.2, 0.25) is 0 Å². The number of carbonyl (C=O) groups is 2. The van der Waals surface area contributed by atoms with E-state index in [9.17, 15) is 19.8 Å². The van der Waals surface area contributed by atoms with Crippen LogP contribution in [-0.4, -0.2) is 46.6 Å². The van der Waals surface area contributed by atoms with E-state index in [1.165, 1.54) is 31.2 Å². The molecule has 0 aromatic heterocycles. The molecule has 1 heterocycles. The third-order valence-corrected chi connectivity index (χ3v) is 2.99. The Bertz CT molecular complexity index is 475. The zero-order valence-electron chi connectivity index (χ0n) is 12.2. The molecule has 0 saturated carbocycles. The number of aliphatic hydroxyl groups excluding tert-OH is 2. The normalized spacial score (nSPS) is 25.6. The second kappa shape index (κ2) is 7.75. The van der Waals surface area contributed by atoms with Crippen LogP contribution < -0.4 is 0 Å². The van der Waals surface area contributed by atoms with Gasteiger partial charge in [-0.05, 0) is 32.9 Å². The number of carbonyl (C=O) groups excluding carboxylic acids is 2. The van der Waals surface area contributed by atoms with E-state index in [1.807, 2.05) is 0 Å². The number of hydrogen-bond donors (Lipinski definition) is 2. The average molecular weight is 296 g/mol. The molecular weight excluding hydrogens is 276 g/mol. The van der Waals surface area contributed by atoms with E-state index in [4.69, 9.17) is 9.47 Å². The Labute approximate surface area is 123 Å². The van der Waals surface area contributed by atoms with Crippen LogP contribution in [0.25, 0.3) is 0 Å². The number of ether oxygens (including phenoxy) is 2. The lowest BCUT2D eigenvalue weighted by atomic mass is 10.1. The number of esters is 2. The van der Waals surface area contributed by atoms with Crippen molar-refractivity contribution in [3.63, 3.8) is 0 Å². The van der Waals surface area contributed by atoms with Crippen LogP contribution in [0, 0.1) is 0 Å². The number of rotatable bonds is 5. The van der Waals surface area contributed by atoms with Crippen LogP contribution in [0.5, 0.6) is 0 Å². The summed E-state index contributed by atoms with van der Waals surface area (Å²) in [6.07, 6.45) is 3.24. The molecule has 2 N–H and O–H groups in total. The molecule has 116 valence electrons. The minimum atomic E-state index is -1.09. The molecule has 1 aliphatic rings. The predicted molar refractivity (Wildman–Crippen MR) is 75.2 cm³/mol. The summed E-state index contributed by atoms with van der Waals surface area (Å²) in [5.41, 5.74) is 0.437. The van der Waals surface area contributed by atoms with E-state index >= 15 is 0 Å². The lowest BCUT2D eigenvalue weighted by Gasteiger charge is -2.25. The number of cyclic esters (lactones) is 1. The van der Waals surface area contributed by atoms with Gasteiger partial charge < -0.3 is 19.7 Å². The molecule has 6 heteroatoms. The van der Waals surface area contributed by atoms with Gasteiger partial charge in [0.15, 0.2) is 12.2 Å². The summed E-state index contributed by atoms with van der Waals surface area (Å²) in [6, 6.07) is 0. The average Bonchev–Trinajstić information content (AvgIpc) is 2.45. The monoisotopic (exact) mass is 296 g/mol. The summed E-state index contributed by atoms with van der Waals surface area (Å²) in [7, 11) is 0. The Kier molecular flexibility index (Phi) is 6.33. The van der Waals surface area contributed by atoms with Gasteiger partial charge in [0.25, 0.3) is 0 Å². The van der Waals surface area contributed by atoms with Crippen LogP contribution in [0.1, 0.15) is 20.8 Å². The molecule has 0 radical (unpaired) electrons. The van der Waals surface area contributed by atoms with E-state index < -0.39 is 36.4 Å². The SMILES string of the molecule is C/C=C(\C)C(=O)O[C@@H]1C=CC(=O)O[C@@H]1/C=C/[C@@H](O)[C@H](C)O. The van der Waals surface area contributed by atoms with Crippen molar-refractivity contribution in [1.29, 1.82) is 0 Å². The zero-order valence-corrected chi connectivity index (χ0v) is 12.2. The highest BCUT2D eigenvalue weighted by atomic mass is 16.6. The molecule has 0 fully saturated rings. The van der Waals surface area contributed by atoms with E-state index in [2.05, 4.69) is 0 Å². The molecule has 21 heavy (non-hydrogen) atoms. The lowest BCUT2D eigenvalue weighted by Crippen LogP contribution is -2.36. The lowest BCUT2D eigenvalue weighted by molar-refractivity contribution is -0.157. The predicted octanol–water partition coefficient (Wildman–Crippen LogP) is 0.644.